The molecule has 1 aromatic rings. The van der Waals surface area contributed by atoms with Crippen molar-refractivity contribution in [3.8, 4) is 0 Å². The number of rotatable bonds is 5. The average molecular weight is 429 g/mol. The van der Waals surface area contributed by atoms with E-state index in [0.29, 0.717) is 31.6 Å². The predicted octanol–water partition coefficient (Wildman–Crippen LogP) is 2.38. The average Bonchev–Trinajstić information content (AvgIpc) is 2.72. The lowest BCUT2D eigenvalue weighted by molar-refractivity contribution is -0.160. The van der Waals surface area contributed by atoms with E-state index >= 15 is 0 Å². The van der Waals surface area contributed by atoms with E-state index in [4.69, 9.17) is 4.74 Å². The monoisotopic (exact) mass is 428 g/mol. The van der Waals surface area contributed by atoms with Crippen LogP contribution < -0.4 is 16.0 Å². The second-order valence-corrected chi connectivity index (χ2v) is 7.55. The van der Waals surface area contributed by atoms with Gasteiger partial charge in [0.25, 0.3) is 5.91 Å². The highest BCUT2D eigenvalue weighted by molar-refractivity contribution is 5.89. The summed E-state index contributed by atoms with van der Waals surface area (Å²) in [5, 5.41) is 8.72. The van der Waals surface area contributed by atoms with Gasteiger partial charge >= 0.3 is 6.03 Å². The molecule has 1 aromatic carbocycles. The summed E-state index contributed by atoms with van der Waals surface area (Å²) in [7, 11) is 1.61. The van der Waals surface area contributed by atoms with Gasteiger partial charge in [-0.3, -0.25) is 4.79 Å². The molecule has 1 unspecified atom stereocenters. The van der Waals surface area contributed by atoms with E-state index < -0.39 is 11.4 Å². The van der Waals surface area contributed by atoms with Crippen LogP contribution in [0.4, 0.5) is 14.9 Å². The minimum atomic E-state index is -0.727. The number of ether oxygens (including phenoxy) is 1. The number of benzene rings is 1. The molecule has 0 aliphatic carbocycles. The third kappa shape index (κ3) is 6.04. The van der Waals surface area contributed by atoms with Crippen LogP contribution in [0.3, 0.4) is 0 Å². The van der Waals surface area contributed by atoms with Crippen LogP contribution in [-0.2, 0) is 9.53 Å². The number of hydrogen-bond acceptors (Lipinski definition) is 4. The van der Waals surface area contributed by atoms with Crippen LogP contribution in [0.2, 0.25) is 0 Å². The number of amides is 3. The normalized spacial score (nSPS) is 21.0. The molecule has 3 rings (SSSR count). The summed E-state index contributed by atoms with van der Waals surface area (Å²) in [6.07, 6.45) is 3.21. The Hall–Kier alpha value is -1.90. The Bertz CT molecular complexity index is 700. The molecule has 29 heavy (non-hydrogen) atoms. The Labute approximate surface area is 177 Å². The molecule has 0 bridgehead atoms. The van der Waals surface area contributed by atoms with Gasteiger partial charge in [-0.25, -0.2) is 9.18 Å². The zero-order valence-electron chi connectivity index (χ0n) is 16.7. The highest BCUT2D eigenvalue weighted by Gasteiger charge is 2.43. The van der Waals surface area contributed by atoms with E-state index in [9.17, 15) is 14.0 Å². The molecular weight excluding hydrogens is 399 g/mol. The van der Waals surface area contributed by atoms with Gasteiger partial charge in [0.05, 0.1) is 0 Å². The molecule has 2 aliphatic rings. The maximum absolute atomic E-state index is 13.2. The third-order valence-electron chi connectivity index (χ3n) is 5.63. The number of nitrogens with zero attached hydrogens (tertiary/aromatic N) is 1. The summed E-state index contributed by atoms with van der Waals surface area (Å²) in [5.74, 6) is -0.152. The minimum absolute atomic E-state index is 0. The van der Waals surface area contributed by atoms with Crippen LogP contribution in [0.25, 0.3) is 0 Å². The molecule has 3 N–H and O–H groups in total. The van der Waals surface area contributed by atoms with Gasteiger partial charge in [0, 0.05) is 32.4 Å². The number of halogens is 2. The number of urea groups is 1. The lowest BCUT2D eigenvalue weighted by Gasteiger charge is -2.41. The Balaban J connectivity index is 0.00000300. The molecule has 2 heterocycles. The van der Waals surface area contributed by atoms with Crippen molar-refractivity contribution >= 4 is 30.0 Å². The quantitative estimate of drug-likeness (QED) is 0.672. The first-order valence-electron chi connectivity index (χ1n) is 9.88. The van der Waals surface area contributed by atoms with E-state index in [0.717, 1.165) is 32.5 Å². The van der Waals surface area contributed by atoms with Crippen molar-refractivity contribution in [3.63, 3.8) is 0 Å². The molecule has 2 aliphatic heterocycles. The van der Waals surface area contributed by atoms with E-state index in [1.807, 2.05) is 4.90 Å². The lowest BCUT2D eigenvalue weighted by atomic mass is 9.88. The Morgan fingerprint density at radius 2 is 2.10 bits per heavy atom. The molecule has 2 saturated heterocycles. The van der Waals surface area contributed by atoms with Crippen molar-refractivity contribution in [1.29, 1.82) is 0 Å². The topological polar surface area (TPSA) is 82.7 Å². The molecule has 1 atom stereocenters. The molecule has 0 radical (unpaired) electrons. The first-order valence-corrected chi connectivity index (χ1v) is 9.88. The molecular formula is C20H30ClFN4O3. The second-order valence-electron chi connectivity index (χ2n) is 7.55. The van der Waals surface area contributed by atoms with Gasteiger partial charge in [0.2, 0.25) is 0 Å². The number of piperidine rings is 2. The summed E-state index contributed by atoms with van der Waals surface area (Å²) < 4.78 is 18.9. The number of hydrogen-bond donors (Lipinski definition) is 3. The molecule has 2 fully saturated rings. The third-order valence-corrected chi connectivity index (χ3v) is 5.63. The number of likely N-dealkylation sites (tertiary alicyclic amines) is 1. The highest BCUT2D eigenvalue weighted by Crippen LogP contribution is 2.27. The SMILES string of the molecule is COC1(C(=O)N2CCCC(CNC(=O)Nc3cccc(F)c3)C2)CCNCC1.Cl. The molecule has 7 nitrogen and oxygen atoms in total. The van der Waals surface area contributed by atoms with Gasteiger partial charge in [0.1, 0.15) is 11.4 Å². The van der Waals surface area contributed by atoms with Gasteiger partial charge in [-0.15, -0.1) is 12.4 Å². The molecule has 9 heteroatoms. The maximum Gasteiger partial charge on any atom is 0.319 e. The van der Waals surface area contributed by atoms with Crippen LogP contribution in [0.5, 0.6) is 0 Å². The summed E-state index contributed by atoms with van der Waals surface area (Å²) in [6, 6.07) is 5.39. The van der Waals surface area contributed by atoms with Crippen molar-refractivity contribution in [3.05, 3.63) is 30.1 Å². The van der Waals surface area contributed by atoms with Crippen molar-refractivity contribution in [1.82, 2.24) is 15.5 Å². The summed E-state index contributed by atoms with van der Waals surface area (Å²) >= 11 is 0. The van der Waals surface area contributed by atoms with Crippen molar-refractivity contribution in [2.24, 2.45) is 5.92 Å². The van der Waals surface area contributed by atoms with Crippen LogP contribution in [0, 0.1) is 11.7 Å². The fourth-order valence-electron chi connectivity index (χ4n) is 4.02. The standard InChI is InChI=1S/C20H29FN4O3.ClH/c1-28-20(7-9-22-10-8-20)18(26)25-11-3-4-15(14-25)13-23-19(27)24-17-6-2-5-16(21)12-17;/h2,5-6,12,15,22H,3-4,7-11,13-14H2,1H3,(H2,23,24,27);1H. The van der Waals surface area contributed by atoms with E-state index in [1.54, 1.807) is 19.2 Å². The number of carbonyl (C=O) groups excluding carboxylic acids is 2. The van der Waals surface area contributed by atoms with Crippen molar-refractivity contribution in [2.45, 2.75) is 31.3 Å². The van der Waals surface area contributed by atoms with Crippen molar-refractivity contribution < 1.29 is 18.7 Å². The zero-order chi connectivity index (χ0) is 20.0. The summed E-state index contributed by atoms with van der Waals surface area (Å²) in [4.78, 5) is 27.1. The summed E-state index contributed by atoms with van der Waals surface area (Å²) in [5.41, 5.74) is -0.319. The van der Waals surface area contributed by atoms with Crippen LogP contribution >= 0.6 is 12.4 Å². The number of nitrogens with one attached hydrogen (secondary N) is 3. The van der Waals surface area contributed by atoms with Gasteiger partial charge in [-0.2, -0.15) is 0 Å². The van der Waals surface area contributed by atoms with Crippen molar-refractivity contribution in [2.75, 3.05) is 45.2 Å². The molecule has 3 amide bonds. The number of methoxy groups -OCH3 is 1. The maximum atomic E-state index is 13.2. The zero-order valence-corrected chi connectivity index (χ0v) is 17.5. The Kier molecular flexibility index (Phi) is 8.67. The molecule has 0 aromatic heterocycles. The molecule has 0 saturated carbocycles. The molecule has 0 spiro atoms. The Morgan fingerprint density at radius 3 is 2.79 bits per heavy atom. The van der Waals surface area contributed by atoms with E-state index in [-0.39, 0.29) is 30.3 Å². The van der Waals surface area contributed by atoms with Gasteiger partial charge < -0.3 is 25.6 Å². The number of carbonyl (C=O) groups is 2. The van der Waals surface area contributed by atoms with Gasteiger partial charge in [0.15, 0.2) is 0 Å². The first kappa shape index (κ1) is 23.4. The highest BCUT2D eigenvalue weighted by atomic mass is 35.5. The first-order chi connectivity index (χ1) is 13.5. The minimum Gasteiger partial charge on any atom is -0.368 e. The van der Waals surface area contributed by atoms with Crippen LogP contribution in [0.1, 0.15) is 25.7 Å². The van der Waals surface area contributed by atoms with Crippen LogP contribution in [0.15, 0.2) is 24.3 Å². The number of anilines is 1. The van der Waals surface area contributed by atoms with Gasteiger partial charge in [-0.1, -0.05) is 6.07 Å². The summed E-state index contributed by atoms with van der Waals surface area (Å²) in [6.45, 7) is 3.35. The second kappa shape index (κ2) is 10.8. The smallest absolute Gasteiger partial charge is 0.319 e. The van der Waals surface area contributed by atoms with Gasteiger partial charge in [-0.05, 0) is 62.9 Å². The lowest BCUT2D eigenvalue weighted by Crippen LogP contribution is -2.57. The van der Waals surface area contributed by atoms with Crippen LogP contribution in [-0.4, -0.2) is 62.3 Å². The predicted molar refractivity (Wildman–Crippen MR) is 112 cm³/mol. The fourth-order valence-corrected chi connectivity index (χ4v) is 4.02. The molecule has 162 valence electrons. The van der Waals surface area contributed by atoms with E-state index in [2.05, 4.69) is 16.0 Å². The Morgan fingerprint density at radius 1 is 1.34 bits per heavy atom. The largest absolute Gasteiger partial charge is 0.368 e. The van der Waals surface area contributed by atoms with E-state index in [1.165, 1.54) is 12.1 Å². The fraction of sp³-hybridized carbons (Fsp3) is 0.600.